The maximum Gasteiger partial charge on any atom is 0.342 e. The van der Waals surface area contributed by atoms with Crippen molar-refractivity contribution in [3.8, 4) is 22.5 Å². The summed E-state index contributed by atoms with van der Waals surface area (Å²) in [4.78, 5) is 28.8. The SMILES string of the molecule is CCOC(=O)c1c2ccccc2n2c(-c3ccc(C(C)(C)C)cc3)cc(-c3ccc([N+](=O)[O-])cc3)nc12. The number of para-hydroxylation sites is 1. The van der Waals surface area contributed by atoms with Gasteiger partial charge in [-0.3, -0.25) is 14.5 Å². The molecule has 0 aliphatic heterocycles. The van der Waals surface area contributed by atoms with Gasteiger partial charge >= 0.3 is 5.97 Å². The molecule has 0 spiro atoms. The fourth-order valence-corrected chi connectivity index (χ4v) is 4.58. The number of hydrogen-bond acceptors (Lipinski definition) is 5. The van der Waals surface area contributed by atoms with Crippen LogP contribution in [-0.2, 0) is 10.2 Å². The first-order valence-electron chi connectivity index (χ1n) is 12.2. The molecule has 0 saturated carbocycles. The third-order valence-corrected chi connectivity index (χ3v) is 6.49. The monoisotopic (exact) mass is 493 g/mol. The van der Waals surface area contributed by atoms with Crippen molar-refractivity contribution < 1.29 is 14.5 Å². The van der Waals surface area contributed by atoms with Crippen LogP contribution < -0.4 is 0 Å². The summed E-state index contributed by atoms with van der Waals surface area (Å²) in [7, 11) is 0. The molecule has 3 aromatic carbocycles. The summed E-state index contributed by atoms with van der Waals surface area (Å²) in [5, 5.41) is 11.9. The standard InChI is InChI=1S/C30H27N3O4/c1-5-37-29(34)27-23-8-6-7-9-25(23)32-26(20-10-14-21(15-11-20)30(2,3)4)18-24(31-28(27)32)19-12-16-22(17-13-19)33(35)36/h6-18H,5H2,1-4H3. The molecule has 5 rings (SSSR count). The number of ether oxygens (including phenoxy) is 1. The third-order valence-electron chi connectivity index (χ3n) is 6.49. The van der Waals surface area contributed by atoms with Crippen LogP contribution in [-0.4, -0.2) is 26.9 Å². The number of fused-ring (bicyclic) bond motifs is 3. The Morgan fingerprint density at radius 1 is 0.973 bits per heavy atom. The van der Waals surface area contributed by atoms with E-state index in [4.69, 9.17) is 9.72 Å². The van der Waals surface area contributed by atoms with E-state index < -0.39 is 10.9 Å². The zero-order valence-corrected chi connectivity index (χ0v) is 21.2. The zero-order chi connectivity index (χ0) is 26.3. The van der Waals surface area contributed by atoms with E-state index in [1.807, 2.05) is 34.7 Å². The number of rotatable bonds is 5. The second kappa shape index (κ2) is 9.17. The van der Waals surface area contributed by atoms with Crippen LogP contribution in [0.3, 0.4) is 0 Å². The molecule has 0 amide bonds. The van der Waals surface area contributed by atoms with Crippen LogP contribution in [0.25, 0.3) is 39.1 Å². The Kier molecular flexibility index (Phi) is 5.99. The molecular weight excluding hydrogens is 466 g/mol. The fourth-order valence-electron chi connectivity index (χ4n) is 4.58. The average molecular weight is 494 g/mol. The Labute approximate surface area is 214 Å². The van der Waals surface area contributed by atoms with E-state index in [1.165, 1.54) is 17.7 Å². The van der Waals surface area contributed by atoms with Crippen molar-refractivity contribution in [1.82, 2.24) is 9.38 Å². The molecule has 0 fully saturated rings. The summed E-state index contributed by atoms with van der Waals surface area (Å²) in [6.07, 6.45) is 0. The van der Waals surface area contributed by atoms with Gasteiger partial charge in [0.1, 0.15) is 5.56 Å². The maximum absolute atomic E-state index is 13.2. The van der Waals surface area contributed by atoms with E-state index in [0.29, 0.717) is 22.5 Å². The van der Waals surface area contributed by atoms with Gasteiger partial charge in [-0.2, -0.15) is 0 Å². The molecule has 7 heteroatoms. The predicted octanol–water partition coefficient (Wildman–Crippen LogP) is 7.20. The fraction of sp³-hybridized carbons (Fsp3) is 0.200. The molecule has 2 aromatic heterocycles. The van der Waals surface area contributed by atoms with Crippen molar-refractivity contribution in [2.24, 2.45) is 0 Å². The lowest BCUT2D eigenvalue weighted by atomic mass is 9.86. The topological polar surface area (TPSA) is 86.7 Å². The summed E-state index contributed by atoms with van der Waals surface area (Å²) in [5.41, 5.74) is 6.06. The minimum Gasteiger partial charge on any atom is -0.462 e. The second-order valence-corrected chi connectivity index (χ2v) is 9.93. The number of nitro benzene ring substituents is 1. The molecule has 37 heavy (non-hydrogen) atoms. The first-order valence-corrected chi connectivity index (χ1v) is 12.2. The molecule has 5 aromatic rings. The molecule has 0 unspecified atom stereocenters. The number of carbonyl (C=O) groups is 1. The highest BCUT2D eigenvalue weighted by Gasteiger charge is 2.24. The lowest BCUT2D eigenvalue weighted by molar-refractivity contribution is -0.384. The summed E-state index contributed by atoms with van der Waals surface area (Å²) in [6.45, 7) is 8.53. The Hall–Kier alpha value is -4.52. The Bertz CT molecular complexity index is 1640. The Morgan fingerprint density at radius 3 is 2.24 bits per heavy atom. The number of nitro groups is 1. The van der Waals surface area contributed by atoms with Crippen LogP contribution in [0.1, 0.15) is 43.6 Å². The summed E-state index contributed by atoms with van der Waals surface area (Å²) >= 11 is 0. The van der Waals surface area contributed by atoms with Crippen LogP contribution in [0.15, 0.2) is 78.9 Å². The van der Waals surface area contributed by atoms with Crippen molar-refractivity contribution >= 4 is 28.2 Å². The molecule has 0 atom stereocenters. The van der Waals surface area contributed by atoms with Gasteiger partial charge in [-0.05, 0) is 47.7 Å². The third kappa shape index (κ3) is 4.33. The number of benzene rings is 3. The first kappa shape index (κ1) is 24.2. The lowest BCUT2D eigenvalue weighted by Gasteiger charge is -2.19. The van der Waals surface area contributed by atoms with Gasteiger partial charge in [0.15, 0.2) is 5.65 Å². The van der Waals surface area contributed by atoms with E-state index in [2.05, 4.69) is 45.0 Å². The van der Waals surface area contributed by atoms with Gasteiger partial charge in [0.25, 0.3) is 5.69 Å². The van der Waals surface area contributed by atoms with Crippen LogP contribution >= 0.6 is 0 Å². The van der Waals surface area contributed by atoms with Crippen molar-refractivity contribution in [2.45, 2.75) is 33.1 Å². The van der Waals surface area contributed by atoms with Gasteiger partial charge in [-0.25, -0.2) is 9.78 Å². The van der Waals surface area contributed by atoms with E-state index in [0.717, 1.165) is 22.2 Å². The van der Waals surface area contributed by atoms with Crippen molar-refractivity contribution in [1.29, 1.82) is 0 Å². The number of non-ortho nitro benzene ring substituents is 1. The number of carbonyl (C=O) groups excluding carboxylic acids is 1. The van der Waals surface area contributed by atoms with Crippen LogP contribution in [0.5, 0.6) is 0 Å². The molecule has 2 heterocycles. The van der Waals surface area contributed by atoms with Crippen LogP contribution in [0.2, 0.25) is 0 Å². The number of aromatic nitrogens is 2. The highest BCUT2D eigenvalue weighted by atomic mass is 16.6. The quantitative estimate of drug-likeness (QED) is 0.147. The normalized spacial score (nSPS) is 11.7. The molecule has 186 valence electrons. The van der Waals surface area contributed by atoms with Crippen molar-refractivity contribution in [3.05, 3.63) is 100 Å². The predicted molar refractivity (Wildman–Crippen MR) is 145 cm³/mol. The Balaban J connectivity index is 1.84. The van der Waals surface area contributed by atoms with E-state index >= 15 is 0 Å². The summed E-state index contributed by atoms with van der Waals surface area (Å²) in [6, 6.07) is 24.3. The smallest absolute Gasteiger partial charge is 0.342 e. The molecular formula is C30H27N3O4. The van der Waals surface area contributed by atoms with Crippen LogP contribution in [0.4, 0.5) is 5.69 Å². The van der Waals surface area contributed by atoms with Gasteiger partial charge < -0.3 is 4.74 Å². The average Bonchev–Trinajstić information content (AvgIpc) is 3.22. The van der Waals surface area contributed by atoms with Gasteiger partial charge in [-0.15, -0.1) is 0 Å². The summed E-state index contributed by atoms with van der Waals surface area (Å²) < 4.78 is 7.41. The number of hydrogen-bond donors (Lipinski definition) is 0. The van der Waals surface area contributed by atoms with Gasteiger partial charge in [0, 0.05) is 23.1 Å². The van der Waals surface area contributed by atoms with Crippen molar-refractivity contribution in [2.75, 3.05) is 6.61 Å². The van der Waals surface area contributed by atoms with Gasteiger partial charge in [0.05, 0.1) is 28.4 Å². The molecule has 0 bridgehead atoms. The molecule has 0 N–H and O–H groups in total. The summed E-state index contributed by atoms with van der Waals surface area (Å²) in [5.74, 6) is -0.441. The molecule has 0 aliphatic carbocycles. The van der Waals surface area contributed by atoms with Gasteiger partial charge in [-0.1, -0.05) is 63.2 Å². The van der Waals surface area contributed by atoms with Crippen molar-refractivity contribution in [3.63, 3.8) is 0 Å². The number of esters is 1. The largest absolute Gasteiger partial charge is 0.462 e. The second-order valence-electron chi connectivity index (χ2n) is 9.93. The van der Waals surface area contributed by atoms with Crippen LogP contribution in [0, 0.1) is 10.1 Å². The van der Waals surface area contributed by atoms with Gasteiger partial charge in [0.2, 0.25) is 0 Å². The minimum absolute atomic E-state index is 0.00320. The number of nitrogens with zero attached hydrogens (tertiary/aromatic N) is 3. The van der Waals surface area contributed by atoms with E-state index in [9.17, 15) is 14.9 Å². The highest BCUT2D eigenvalue weighted by molar-refractivity contribution is 6.11. The maximum atomic E-state index is 13.2. The molecule has 0 saturated heterocycles. The zero-order valence-electron chi connectivity index (χ0n) is 21.2. The highest BCUT2D eigenvalue weighted by Crippen LogP contribution is 2.35. The lowest BCUT2D eigenvalue weighted by Crippen LogP contribution is -2.10. The molecule has 0 aliphatic rings. The van der Waals surface area contributed by atoms with E-state index in [-0.39, 0.29) is 17.7 Å². The molecule has 0 radical (unpaired) electrons. The van der Waals surface area contributed by atoms with E-state index in [1.54, 1.807) is 19.1 Å². The first-order chi connectivity index (χ1) is 17.7. The minimum atomic E-state index is -0.441. The Morgan fingerprint density at radius 2 is 1.62 bits per heavy atom. The molecule has 7 nitrogen and oxygen atoms in total.